The van der Waals surface area contributed by atoms with Crippen molar-refractivity contribution in [2.75, 3.05) is 6.54 Å². The van der Waals surface area contributed by atoms with Gasteiger partial charge in [-0.05, 0) is 51.8 Å². The molecule has 1 amide bonds. The summed E-state index contributed by atoms with van der Waals surface area (Å²) < 4.78 is 1.86. The molecule has 1 aliphatic rings. The topological polar surface area (TPSA) is 59.0 Å². The number of carbonyl (C=O) groups is 1. The molecule has 1 fully saturated rings. The average molecular weight is 397 g/mol. The maximum atomic E-state index is 12.8. The van der Waals surface area contributed by atoms with Crippen molar-refractivity contribution < 1.29 is 4.79 Å². The van der Waals surface area contributed by atoms with Gasteiger partial charge in [0.15, 0.2) is 0 Å². The van der Waals surface area contributed by atoms with Crippen molar-refractivity contribution in [1.29, 1.82) is 0 Å². The number of halogens is 2. The molecule has 0 spiro atoms. The van der Waals surface area contributed by atoms with Crippen molar-refractivity contribution in [2.45, 2.75) is 52.2 Å². The SMILES string of the molecule is Cc1nn(Cc2ccccc2Cl)c(C)c1C(=O)NC1CCNC(C)C1.Cl. The largest absolute Gasteiger partial charge is 0.349 e. The number of benzene rings is 1. The summed E-state index contributed by atoms with van der Waals surface area (Å²) in [6.45, 7) is 7.48. The van der Waals surface area contributed by atoms with Crippen LogP contribution >= 0.6 is 24.0 Å². The van der Waals surface area contributed by atoms with E-state index in [4.69, 9.17) is 11.6 Å². The average Bonchev–Trinajstić information content (AvgIpc) is 2.83. The second-order valence-electron chi connectivity index (χ2n) is 6.84. The lowest BCUT2D eigenvalue weighted by Crippen LogP contribution is -2.46. The standard InChI is InChI=1S/C19H25ClN4O.ClH/c1-12-10-16(8-9-21-12)22-19(25)18-13(2)23-24(14(18)3)11-15-6-4-5-7-17(15)20;/h4-7,12,16,21H,8-11H2,1-3H3,(H,22,25);1H. The highest BCUT2D eigenvalue weighted by molar-refractivity contribution is 6.31. The zero-order chi connectivity index (χ0) is 18.0. The van der Waals surface area contributed by atoms with E-state index >= 15 is 0 Å². The quantitative estimate of drug-likeness (QED) is 0.831. The fraction of sp³-hybridized carbons (Fsp3) is 0.474. The van der Waals surface area contributed by atoms with E-state index in [1.165, 1.54) is 0 Å². The first-order chi connectivity index (χ1) is 12.0. The van der Waals surface area contributed by atoms with E-state index < -0.39 is 0 Å². The Morgan fingerprint density at radius 1 is 1.38 bits per heavy atom. The molecule has 2 aromatic rings. The Labute approximate surface area is 165 Å². The fourth-order valence-electron chi connectivity index (χ4n) is 3.49. The second kappa shape index (κ2) is 8.89. The van der Waals surface area contributed by atoms with Gasteiger partial charge in [0, 0.05) is 22.8 Å². The molecule has 0 radical (unpaired) electrons. The number of nitrogens with one attached hydrogen (secondary N) is 2. The number of carbonyl (C=O) groups excluding carboxylic acids is 1. The van der Waals surface area contributed by atoms with Crippen LogP contribution in [0.25, 0.3) is 0 Å². The van der Waals surface area contributed by atoms with Crippen molar-refractivity contribution >= 4 is 29.9 Å². The van der Waals surface area contributed by atoms with Crippen LogP contribution in [0, 0.1) is 13.8 Å². The molecule has 7 heteroatoms. The first-order valence-corrected chi connectivity index (χ1v) is 9.15. The zero-order valence-corrected chi connectivity index (χ0v) is 17.0. The number of piperidine rings is 1. The molecule has 5 nitrogen and oxygen atoms in total. The maximum Gasteiger partial charge on any atom is 0.255 e. The van der Waals surface area contributed by atoms with Crippen LogP contribution in [-0.2, 0) is 6.54 Å². The molecular weight excluding hydrogens is 371 g/mol. The molecular formula is C19H26Cl2N4O. The van der Waals surface area contributed by atoms with Gasteiger partial charge in [-0.1, -0.05) is 29.8 Å². The van der Waals surface area contributed by atoms with Crippen LogP contribution in [0.2, 0.25) is 5.02 Å². The molecule has 1 aliphatic heterocycles. The number of rotatable bonds is 4. The van der Waals surface area contributed by atoms with Crippen molar-refractivity contribution in [3.8, 4) is 0 Å². The number of nitrogens with zero attached hydrogens (tertiary/aromatic N) is 2. The maximum absolute atomic E-state index is 12.8. The molecule has 2 heterocycles. The lowest BCUT2D eigenvalue weighted by atomic mass is 10.00. The first-order valence-electron chi connectivity index (χ1n) is 8.77. The van der Waals surface area contributed by atoms with Gasteiger partial charge in [0.25, 0.3) is 5.91 Å². The van der Waals surface area contributed by atoms with Crippen molar-refractivity contribution in [1.82, 2.24) is 20.4 Å². The molecule has 0 saturated carbocycles. The third kappa shape index (κ3) is 4.58. The van der Waals surface area contributed by atoms with Crippen molar-refractivity contribution in [2.24, 2.45) is 0 Å². The van der Waals surface area contributed by atoms with E-state index in [-0.39, 0.29) is 24.4 Å². The molecule has 26 heavy (non-hydrogen) atoms. The summed E-state index contributed by atoms with van der Waals surface area (Å²) in [6, 6.07) is 8.37. The van der Waals surface area contributed by atoms with E-state index in [0.29, 0.717) is 23.2 Å². The van der Waals surface area contributed by atoms with Gasteiger partial charge in [-0.15, -0.1) is 12.4 Å². The molecule has 2 N–H and O–H groups in total. The molecule has 2 unspecified atom stereocenters. The molecule has 1 saturated heterocycles. The van der Waals surface area contributed by atoms with Gasteiger partial charge in [0.05, 0.1) is 17.8 Å². The molecule has 2 atom stereocenters. The molecule has 3 rings (SSSR count). The van der Waals surface area contributed by atoms with Crippen molar-refractivity contribution in [3.63, 3.8) is 0 Å². The summed E-state index contributed by atoms with van der Waals surface area (Å²) in [7, 11) is 0. The Bertz CT molecular complexity index is 775. The van der Waals surface area contributed by atoms with Crippen LogP contribution in [0.4, 0.5) is 0 Å². The summed E-state index contributed by atoms with van der Waals surface area (Å²) in [5.74, 6) is -0.0282. The van der Waals surface area contributed by atoms with Crippen LogP contribution in [0.5, 0.6) is 0 Å². The zero-order valence-electron chi connectivity index (χ0n) is 15.4. The van der Waals surface area contributed by atoms with Gasteiger partial charge < -0.3 is 10.6 Å². The van der Waals surface area contributed by atoms with E-state index in [2.05, 4.69) is 22.7 Å². The summed E-state index contributed by atoms with van der Waals surface area (Å²) in [6.07, 6.45) is 1.92. The number of aryl methyl sites for hydroxylation is 1. The first kappa shape index (κ1) is 20.7. The molecule has 0 bridgehead atoms. The van der Waals surface area contributed by atoms with E-state index in [9.17, 15) is 4.79 Å². The molecule has 142 valence electrons. The number of amides is 1. The Balaban J connectivity index is 0.00000243. The van der Waals surface area contributed by atoms with Gasteiger partial charge in [-0.2, -0.15) is 5.10 Å². The third-order valence-corrected chi connectivity index (χ3v) is 5.21. The number of hydrogen-bond donors (Lipinski definition) is 2. The predicted molar refractivity (Wildman–Crippen MR) is 107 cm³/mol. The number of hydrogen-bond acceptors (Lipinski definition) is 3. The minimum Gasteiger partial charge on any atom is -0.349 e. The third-order valence-electron chi connectivity index (χ3n) is 4.85. The van der Waals surface area contributed by atoms with Crippen LogP contribution < -0.4 is 10.6 Å². The predicted octanol–water partition coefficient (Wildman–Crippen LogP) is 3.49. The minimum atomic E-state index is -0.0282. The van der Waals surface area contributed by atoms with Crippen molar-refractivity contribution in [3.05, 3.63) is 51.8 Å². The van der Waals surface area contributed by atoms with Gasteiger partial charge >= 0.3 is 0 Å². The highest BCUT2D eigenvalue weighted by Crippen LogP contribution is 2.20. The van der Waals surface area contributed by atoms with Gasteiger partial charge in [0.2, 0.25) is 0 Å². The van der Waals surface area contributed by atoms with Crippen LogP contribution in [0.1, 0.15) is 47.1 Å². The van der Waals surface area contributed by atoms with E-state index in [1.54, 1.807) is 0 Å². The fourth-order valence-corrected chi connectivity index (χ4v) is 3.68. The lowest BCUT2D eigenvalue weighted by molar-refractivity contribution is 0.0924. The highest BCUT2D eigenvalue weighted by Gasteiger charge is 2.24. The monoisotopic (exact) mass is 396 g/mol. The Morgan fingerprint density at radius 2 is 2.12 bits per heavy atom. The van der Waals surface area contributed by atoms with Gasteiger partial charge in [-0.25, -0.2) is 0 Å². The second-order valence-corrected chi connectivity index (χ2v) is 7.25. The normalized spacial score (nSPS) is 19.7. The smallest absolute Gasteiger partial charge is 0.255 e. The summed E-state index contributed by atoms with van der Waals surface area (Å²) >= 11 is 6.25. The van der Waals surface area contributed by atoms with E-state index in [0.717, 1.165) is 36.3 Å². The van der Waals surface area contributed by atoms with Crippen LogP contribution in [0.3, 0.4) is 0 Å². The Hall–Kier alpha value is -1.56. The minimum absolute atomic E-state index is 0. The Kier molecular flexibility index (Phi) is 7.09. The summed E-state index contributed by atoms with van der Waals surface area (Å²) in [4.78, 5) is 12.8. The molecule has 1 aromatic carbocycles. The number of aromatic nitrogens is 2. The summed E-state index contributed by atoms with van der Waals surface area (Å²) in [5, 5.41) is 11.9. The Morgan fingerprint density at radius 3 is 2.81 bits per heavy atom. The lowest BCUT2D eigenvalue weighted by Gasteiger charge is -2.28. The van der Waals surface area contributed by atoms with Gasteiger partial charge in [0.1, 0.15) is 0 Å². The van der Waals surface area contributed by atoms with Crippen LogP contribution in [0.15, 0.2) is 24.3 Å². The van der Waals surface area contributed by atoms with Gasteiger partial charge in [-0.3, -0.25) is 9.48 Å². The summed E-state index contributed by atoms with van der Waals surface area (Å²) in [5.41, 5.74) is 3.30. The molecule has 0 aliphatic carbocycles. The van der Waals surface area contributed by atoms with E-state index in [1.807, 2.05) is 42.8 Å². The molecule has 1 aromatic heterocycles. The highest BCUT2D eigenvalue weighted by atomic mass is 35.5. The van der Waals surface area contributed by atoms with Crippen LogP contribution in [-0.4, -0.2) is 34.3 Å².